The van der Waals surface area contributed by atoms with Crippen LogP contribution in [0.15, 0.2) is 47.7 Å². The van der Waals surface area contributed by atoms with Gasteiger partial charge in [-0.05, 0) is 31.2 Å². The number of carbonyl (C=O) groups is 1. The third-order valence-electron chi connectivity index (χ3n) is 4.98. The Balaban J connectivity index is 1.82. The quantitative estimate of drug-likeness (QED) is 0.394. The van der Waals surface area contributed by atoms with E-state index in [-0.39, 0.29) is 34.0 Å². The monoisotopic (exact) mass is 472 g/mol. The topological polar surface area (TPSA) is 106 Å². The van der Waals surface area contributed by atoms with Crippen LogP contribution < -0.4 is 21.5 Å². The van der Waals surface area contributed by atoms with Crippen molar-refractivity contribution in [2.75, 3.05) is 17.6 Å². The molecule has 9 nitrogen and oxygen atoms in total. The Labute approximate surface area is 197 Å². The molecule has 33 heavy (non-hydrogen) atoms. The van der Waals surface area contributed by atoms with Gasteiger partial charge in [0.1, 0.15) is 23.3 Å². The highest BCUT2D eigenvalue weighted by Gasteiger charge is 2.19. The van der Waals surface area contributed by atoms with E-state index in [1.54, 1.807) is 30.9 Å². The molecule has 0 aromatic carbocycles. The Morgan fingerprint density at radius 1 is 1.21 bits per heavy atom. The van der Waals surface area contributed by atoms with E-state index < -0.39 is 18.7 Å². The van der Waals surface area contributed by atoms with Gasteiger partial charge in [0.2, 0.25) is 0 Å². The van der Waals surface area contributed by atoms with Crippen molar-refractivity contribution in [3.05, 3.63) is 69.6 Å². The fraction of sp³-hybridized carbons (Fsp3) is 0.182. The number of halogens is 2. The second-order valence-electron chi connectivity index (χ2n) is 7.10. The molecule has 0 aliphatic carbocycles. The molecule has 0 aliphatic heterocycles. The summed E-state index contributed by atoms with van der Waals surface area (Å²) in [5.74, 6) is -0.928. The molecular weight excluding hydrogens is 449 g/mol. The third-order valence-corrected chi connectivity index (χ3v) is 5.26. The first-order valence-electron chi connectivity index (χ1n) is 11.3. The Morgan fingerprint density at radius 2 is 2.00 bits per heavy atom. The maximum absolute atomic E-state index is 13.2. The van der Waals surface area contributed by atoms with Gasteiger partial charge in [0.25, 0.3) is 11.5 Å². The molecule has 0 spiro atoms. The van der Waals surface area contributed by atoms with Crippen LogP contribution in [0.3, 0.4) is 0 Å². The van der Waals surface area contributed by atoms with Gasteiger partial charge in [-0.3, -0.25) is 9.59 Å². The smallest absolute Gasteiger partial charge is 0.262 e. The highest BCUT2D eigenvalue weighted by molar-refractivity contribution is 6.35. The summed E-state index contributed by atoms with van der Waals surface area (Å²) in [5.41, 5.74) is 0.402. The van der Waals surface area contributed by atoms with Gasteiger partial charge in [0, 0.05) is 37.1 Å². The first kappa shape index (κ1) is 18.6. The van der Waals surface area contributed by atoms with Crippen LogP contribution in [0, 0.1) is 5.82 Å². The molecule has 1 amide bonds. The molecule has 4 heterocycles. The van der Waals surface area contributed by atoms with Gasteiger partial charge in [-0.15, -0.1) is 0 Å². The number of anilines is 4. The number of hydrogen-bond acceptors (Lipinski definition) is 6. The minimum absolute atomic E-state index is 0.0289. The standard InChI is InChI=1S/C22H21ClFN7O2/c1-4-31-10-14(23)19-18(22(31)33)15(11-30(19)3)27-20-13(21(32)25-2)6-8-17(29-20)28-16-7-5-12(24)9-26-16/h5-11H,4H2,1-3H3,(H,25,32)(H2,26,27,28,29)/i2D3. The largest absolute Gasteiger partial charge is 0.355 e. The molecule has 4 aromatic heterocycles. The summed E-state index contributed by atoms with van der Waals surface area (Å²) in [6.07, 6.45) is 4.19. The summed E-state index contributed by atoms with van der Waals surface area (Å²) in [4.78, 5) is 34.2. The summed E-state index contributed by atoms with van der Waals surface area (Å²) in [6.45, 7) is -0.542. The van der Waals surface area contributed by atoms with Crippen LogP contribution >= 0.6 is 11.6 Å². The Hall–Kier alpha value is -3.92. The van der Waals surface area contributed by atoms with Crippen molar-refractivity contribution < 1.29 is 13.3 Å². The van der Waals surface area contributed by atoms with Crippen molar-refractivity contribution in [1.29, 1.82) is 0 Å². The number of amides is 1. The average Bonchev–Trinajstić information content (AvgIpc) is 3.13. The van der Waals surface area contributed by atoms with Crippen molar-refractivity contribution in [3.63, 3.8) is 0 Å². The van der Waals surface area contributed by atoms with Gasteiger partial charge in [0.15, 0.2) is 0 Å². The predicted octanol–water partition coefficient (Wildman–Crippen LogP) is 3.79. The molecule has 0 fully saturated rings. The second-order valence-corrected chi connectivity index (χ2v) is 7.51. The van der Waals surface area contributed by atoms with Crippen LogP contribution in [-0.2, 0) is 13.6 Å². The number of rotatable bonds is 6. The highest BCUT2D eigenvalue weighted by atomic mass is 35.5. The molecule has 4 rings (SSSR count). The number of carbonyl (C=O) groups excluding carboxylic acids is 1. The summed E-state index contributed by atoms with van der Waals surface area (Å²) < 4.78 is 38.4. The molecule has 0 bridgehead atoms. The molecule has 4 aromatic rings. The van der Waals surface area contributed by atoms with Crippen molar-refractivity contribution >= 4 is 51.6 Å². The van der Waals surface area contributed by atoms with Gasteiger partial charge in [-0.25, -0.2) is 14.4 Å². The lowest BCUT2D eigenvalue weighted by molar-refractivity contribution is 0.0963. The van der Waals surface area contributed by atoms with E-state index in [0.717, 1.165) is 6.20 Å². The molecule has 0 saturated heterocycles. The average molecular weight is 473 g/mol. The van der Waals surface area contributed by atoms with E-state index in [2.05, 4.69) is 20.6 Å². The van der Waals surface area contributed by atoms with Crippen LogP contribution in [-0.4, -0.2) is 32.0 Å². The molecule has 11 heteroatoms. The number of nitrogens with zero attached hydrogens (tertiary/aromatic N) is 4. The lowest BCUT2D eigenvalue weighted by atomic mass is 10.2. The molecule has 0 atom stereocenters. The van der Waals surface area contributed by atoms with Crippen molar-refractivity contribution in [1.82, 2.24) is 24.4 Å². The normalized spacial score (nSPS) is 12.7. The minimum Gasteiger partial charge on any atom is -0.355 e. The zero-order valence-corrected chi connectivity index (χ0v) is 18.4. The number of aromatic nitrogens is 4. The molecule has 170 valence electrons. The van der Waals surface area contributed by atoms with Crippen molar-refractivity contribution in [2.45, 2.75) is 13.5 Å². The van der Waals surface area contributed by atoms with Crippen LogP contribution in [0.1, 0.15) is 21.4 Å². The molecule has 0 unspecified atom stereocenters. The zero-order chi connectivity index (χ0) is 26.2. The summed E-state index contributed by atoms with van der Waals surface area (Å²) in [7, 11) is 1.71. The fourth-order valence-corrected chi connectivity index (χ4v) is 3.79. The molecule has 3 N–H and O–H groups in total. The lowest BCUT2D eigenvalue weighted by Crippen LogP contribution is -2.21. The molecule has 0 saturated carbocycles. The fourth-order valence-electron chi connectivity index (χ4n) is 3.44. The highest BCUT2D eigenvalue weighted by Crippen LogP contribution is 2.31. The second kappa shape index (κ2) is 8.91. The Morgan fingerprint density at radius 3 is 2.70 bits per heavy atom. The number of aryl methyl sites for hydroxylation is 2. The zero-order valence-electron chi connectivity index (χ0n) is 20.6. The maximum atomic E-state index is 13.2. The van der Waals surface area contributed by atoms with Crippen LogP contribution in [0.4, 0.5) is 27.5 Å². The van der Waals surface area contributed by atoms with Gasteiger partial charge >= 0.3 is 0 Å². The number of hydrogen-bond donors (Lipinski definition) is 3. The van der Waals surface area contributed by atoms with Crippen molar-refractivity contribution in [3.8, 4) is 0 Å². The van der Waals surface area contributed by atoms with Crippen LogP contribution in [0.2, 0.25) is 5.02 Å². The minimum atomic E-state index is -2.73. The lowest BCUT2D eigenvalue weighted by Gasteiger charge is -2.13. The SMILES string of the molecule is [2H]C([2H])([2H])NC(=O)c1ccc(Nc2ccc(F)cn2)nc1Nc1cn(C)c2c(Cl)cn(CC)c(=O)c12. The van der Waals surface area contributed by atoms with E-state index in [4.69, 9.17) is 15.7 Å². The number of nitrogens with one attached hydrogen (secondary N) is 3. The predicted molar refractivity (Wildman–Crippen MR) is 126 cm³/mol. The van der Waals surface area contributed by atoms with E-state index in [9.17, 15) is 14.0 Å². The van der Waals surface area contributed by atoms with E-state index in [1.807, 2.05) is 5.32 Å². The maximum Gasteiger partial charge on any atom is 0.262 e. The summed E-state index contributed by atoms with van der Waals surface area (Å²) >= 11 is 6.42. The molecule has 0 aliphatic rings. The molecule has 0 radical (unpaired) electrons. The Kier molecular flexibility index (Phi) is 5.03. The van der Waals surface area contributed by atoms with Gasteiger partial charge in [0.05, 0.1) is 33.4 Å². The first-order chi connectivity index (χ1) is 17.0. The van der Waals surface area contributed by atoms with Crippen LogP contribution in [0.5, 0.6) is 0 Å². The van der Waals surface area contributed by atoms with Crippen molar-refractivity contribution in [2.24, 2.45) is 7.05 Å². The van der Waals surface area contributed by atoms with Gasteiger partial charge < -0.3 is 25.1 Å². The van der Waals surface area contributed by atoms with E-state index in [1.165, 1.54) is 28.8 Å². The number of fused-ring (bicyclic) bond motifs is 1. The number of pyridine rings is 3. The van der Waals surface area contributed by atoms with Gasteiger partial charge in [-0.2, -0.15) is 0 Å². The first-order valence-corrected chi connectivity index (χ1v) is 10.2. The third kappa shape index (κ3) is 4.24. The van der Waals surface area contributed by atoms with Crippen LogP contribution in [0.25, 0.3) is 10.9 Å². The summed E-state index contributed by atoms with van der Waals surface area (Å²) in [6, 6.07) is 5.42. The van der Waals surface area contributed by atoms with E-state index >= 15 is 0 Å². The molecular formula is C22H21ClFN7O2. The van der Waals surface area contributed by atoms with Gasteiger partial charge in [-0.1, -0.05) is 11.6 Å². The Bertz CT molecular complexity index is 1520. The van der Waals surface area contributed by atoms with E-state index in [0.29, 0.717) is 22.8 Å². The summed E-state index contributed by atoms with van der Waals surface area (Å²) in [5, 5.41) is 8.44.